The SMILES string of the molecule is COC(=O)N1CC(c2noc(-c3cc(F)c(C)c(NC(=O)c4cnc5ccc(Cl)cn45)c3)n2)C1. The monoisotopic (exact) mass is 484 g/mol. The molecule has 0 saturated carbocycles. The van der Waals surface area contributed by atoms with E-state index >= 15 is 0 Å². The van der Waals surface area contributed by atoms with Crippen LogP contribution in [0.25, 0.3) is 17.1 Å². The van der Waals surface area contributed by atoms with Gasteiger partial charge in [-0.3, -0.25) is 9.20 Å². The van der Waals surface area contributed by atoms with Crippen molar-refractivity contribution in [3.8, 4) is 11.5 Å². The van der Waals surface area contributed by atoms with Gasteiger partial charge in [0.25, 0.3) is 11.8 Å². The quantitative estimate of drug-likeness (QED) is 0.467. The minimum absolute atomic E-state index is 0.0995. The summed E-state index contributed by atoms with van der Waals surface area (Å²) in [6, 6.07) is 6.18. The first-order valence-corrected chi connectivity index (χ1v) is 10.6. The largest absolute Gasteiger partial charge is 0.453 e. The fourth-order valence-corrected chi connectivity index (χ4v) is 3.84. The van der Waals surface area contributed by atoms with Crippen LogP contribution < -0.4 is 5.32 Å². The first-order chi connectivity index (χ1) is 16.3. The van der Waals surface area contributed by atoms with Gasteiger partial charge in [-0.25, -0.2) is 14.2 Å². The molecule has 0 radical (unpaired) electrons. The molecule has 3 aromatic heterocycles. The molecule has 4 aromatic rings. The van der Waals surface area contributed by atoms with Crippen LogP contribution in [0.15, 0.2) is 41.2 Å². The molecule has 4 heterocycles. The van der Waals surface area contributed by atoms with Gasteiger partial charge >= 0.3 is 6.09 Å². The average Bonchev–Trinajstić information content (AvgIpc) is 3.42. The topological polar surface area (TPSA) is 115 Å². The smallest absolute Gasteiger partial charge is 0.409 e. The number of aromatic nitrogens is 4. The number of methoxy groups -OCH3 is 1. The van der Waals surface area contributed by atoms with Crippen LogP contribution in [0.2, 0.25) is 5.02 Å². The third-order valence-electron chi connectivity index (χ3n) is 5.66. The van der Waals surface area contributed by atoms with Crippen LogP contribution in [0.1, 0.15) is 27.8 Å². The summed E-state index contributed by atoms with van der Waals surface area (Å²) in [6.07, 6.45) is 2.57. The van der Waals surface area contributed by atoms with Crippen molar-refractivity contribution in [2.75, 3.05) is 25.5 Å². The lowest BCUT2D eigenvalue weighted by atomic mass is 10.0. The molecule has 1 aliphatic heterocycles. The molecule has 2 amide bonds. The van der Waals surface area contributed by atoms with Gasteiger partial charge < -0.3 is 19.5 Å². The average molecular weight is 485 g/mol. The standard InChI is InChI=1S/C22H18ClFN6O4/c1-11-15(24)5-12(21-27-19(28-34-21)13-8-29(9-13)22(32)33-2)6-16(11)26-20(31)17-7-25-18-4-3-14(23)10-30(17)18/h3-7,10,13H,8-9H2,1-2H3,(H,26,31). The van der Waals surface area contributed by atoms with E-state index in [9.17, 15) is 14.0 Å². The first-order valence-electron chi connectivity index (χ1n) is 10.2. The molecular weight excluding hydrogens is 467 g/mol. The second kappa shape index (κ2) is 8.41. The van der Waals surface area contributed by atoms with Crippen molar-refractivity contribution in [2.45, 2.75) is 12.8 Å². The molecule has 0 aliphatic carbocycles. The van der Waals surface area contributed by atoms with Gasteiger partial charge in [0.05, 0.1) is 24.2 Å². The highest BCUT2D eigenvalue weighted by molar-refractivity contribution is 6.30. The number of anilines is 1. The van der Waals surface area contributed by atoms with E-state index in [-0.39, 0.29) is 28.8 Å². The third kappa shape index (κ3) is 3.83. The summed E-state index contributed by atoms with van der Waals surface area (Å²) < 4.78 is 26.3. The molecular formula is C22H18ClFN6O4. The van der Waals surface area contributed by atoms with Gasteiger partial charge in [0, 0.05) is 36.1 Å². The number of hydrogen-bond acceptors (Lipinski definition) is 7. The van der Waals surface area contributed by atoms with Gasteiger partial charge in [-0.1, -0.05) is 16.8 Å². The fraction of sp³-hybridized carbons (Fsp3) is 0.227. The molecule has 0 spiro atoms. The van der Waals surface area contributed by atoms with Gasteiger partial charge in [0.1, 0.15) is 17.2 Å². The number of hydrogen-bond donors (Lipinski definition) is 1. The maximum atomic E-state index is 14.7. The van der Waals surface area contributed by atoms with E-state index in [0.717, 1.165) is 0 Å². The van der Waals surface area contributed by atoms with Crippen LogP contribution >= 0.6 is 11.6 Å². The number of nitrogens with one attached hydrogen (secondary N) is 1. The minimum atomic E-state index is -0.547. The number of imidazole rings is 1. The normalized spacial score (nSPS) is 13.7. The highest BCUT2D eigenvalue weighted by Crippen LogP contribution is 2.30. The molecule has 34 heavy (non-hydrogen) atoms. The molecule has 0 atom stereocenters. The van der Waals surface area contributed by atoms with E-state index in [1.54, 1.807) is 35.7 Å². The number of halogens is 2. The number of carbonyl (C=O) groups is 2. The Labute approximate surface area is 197 Å². The number of pyridine rings is 1. The van der Waals surface area contributed by atoms with Crippen LogP contribution in [0, 0.1) is 12.7 Å². The van der Waals surface area contributed by atoms with Gasteiger partial charge in [-0.05, 0) is 31.2 Å². The van der Waals surface area contributed by atoms with Crippen LogP contribution in [0.4, 0.5) is 14.9 Å². The van der Waals surface area contributed by atoms with Crippen molar-refractivity contribution < 1.29 is 23.2 Å². The van der Waals surface area contributed by atoms with Gasteiger partial charge in [-0.15, -0.1) is 0 Å². The van der Waals surface area contributed by atoms with E-state index in [1.807, 2.05) is 0 Å². The third-order valence-corrected chi connectivity index (χ3v) is 5.89. The van der Waals surface area contributed by atoms with Gasteiger partial charge in [-0.2, -0.15) is 4.98 Å². The molecule has 0 bridgehead atoms. The Hall–Kier alpha value is -3.99. The van der Waals surface area contributed by atoms with Gasteiger partial charge in [0.15, 0.2) is 5.82 Å². The summed E-state index contributed by atoms with van der Waals surface area (Å²) >= 11 is 6.04. The van der Waals surface area contributed by atoms with Crippen LogP contribution in [0.5, 0.6) is 0 Å². The Morgan fingerprint density at radius 1 is 1.29 bits per heavy atom. The summed E-state index contributed by atoms with van der Waals surface area (Å²) in [4.78, 5) is 34.5. The maximum Gasteiger partial charge on any atom is 0.409 e. The second-order valence-electron chi connectivity index (χ2n) is 7.83. The summed E-state index contributed by atoms with van der Waals surface area (Å²) in [5.74, 6) is -0.632. The molecule has 10 nitrogen and oxygen atoms in total. The number of benzene rings is 1. The van der Waals surface area contributed by atoms with E-state index in [1.165, 1.54) is 24.3 Å². The number of nitrogens with zero attached hydrogens (tertiary/aromatic N) is 5. The number of likely N-dealkylation sites (tertiary alicyclic amines) is 1. The number of amides is 2. The summed E-state index contributed by atoms with van der Waals surface area (Å²) in [7, 11) is 1.31. The number of rotatable bonds is 4. The molecule has 1 N–H and O–H groups in total. The predicted octanol–water partition coefficient (Wildman–Crippen LogP) is 3.90. The van der Waals surface area contributed by atoms with Crippen molar-refractivity contribution in [1.82, 2.24) is 24.4 Å². The second-order valence-corrected chi connectivity index (χ2v) is 8.27. The minimum Gasteiger partial charge on any atom is -0.453 e. The highest BCUT2D eigenvalue weighted by Gasteiger charge is 2.35. The molecule has 1 fully saturated rings. The maximum absolute atomic E-state index is 14.7. The van der Waals surface area contributed by atoms with E-state index in [0.29, 0.717) is 35.1 Å². The molecule has 174 valence electrons. The summed E-state index contributed by atoms with van der Waals surface area (Å²) in [5, 5.41) is 7.12. The Balaban J connectivity index is 1.38. The van der Waals surface area contributed by atoms with Crippen molar-refractivity contribution in [2.24, 2.45) is 0 Å². The zero-order valence-electron chi connectivity index (χ0n) is 18.1. The number of carbonyl (C=O) groups excluding carboxylic acids is 2. The lowest BCUT2D eigenvalue weighted by Crippen LogP contribution is -2.48. The fourth-order valence-electron chi connectivity index (χ4n) is 3.68. The van der Waals surface area contributed by atoms with Crippen molar-refractivity contribution in [1.29, 1.82) is 0 Å². The van der Waals surface area contributed by atoms with Crippen LogP contribution in [-0.4, -0.2) is 56.6 Å². The summed E-state index contributed by atoms with van der Waals surface area (Å²) in [6.45, 7) is 2.35. The number of fused-ring (bicyclic) bond motifs is 1. The van der Waals surface area contributed by atoms with Gasteiger partial charge in [0.2, 0.25) is 0 Å². The Morgan fingerprint density at radius 3 is 2.85 bits per heavy atom. The lowest BCUT2D eigenvalue weighted by molar-refractivity contribution is 0.0857. The molecule has 1 saturated heterocycles. The molecule has 5 rings (SSSR count). The van der Waals surface area contributed by atoms with E-state index in [4.69, 9.17) is 16.1 Å². The Morgan fingerprint density at radius 2 is 2.09 bits per heavy atom. The molecule has 1 aliphatic rings. The lowest BCUT2D eigenvalue weighted by Gasteiger charge is -2.35. The van der Waals surface area contributed by atoms with Crippen molar-refractivity contribution in [3.63, 3.8) is 0 Å². The van der Waals surface area contributed by atoms with E-state index in [2.05, 4.69) is 25.2 Å². The van der Waals surface area contributed by atoms with Crippen molar-refractivity contribution >= 4 is 34.9 Å². The number of ether oxygens (including phenoxy) is 1. The molecule has 12 heteroatoms. The zero-order valence-corrected chi connectivity index (χ0v) is 18.8. The van der Waals surface area contributed by atoms with Crippen LogP contribution in [0.3, 0.4) is 0 Å². The molecule has 1 aromatic carbocycles. The zero-order chi connectivity index (χ0) is 24.0. The Kier molecular flexibility index (Phi) is 5.40. The molecule has 0 unspecified atom stereocenters. The highest BCUT2D eigenvalue weighted by atomic mass is 35.5. The van der Waals surface area contributed by atoms with E-state index < -0.39 is 17.8 Å². The van der Waals surface area contributed by atoms with Crippen LogP contribution in [-0.2, 0) is 4.74 Å². The Bertz CT molecular complexity index is 1430. The summed E-state index contributed by atoms with van der Waals surface area (Å²) in [5.41, 5.74) is 1.59. The van der Waals surface area contributed by atoms with Crippen molar-refractivity contribution in [3.05, 3.63) is 64.6 Å². The first kappa shape index (κ1) is 21.8. The predicted molar refractivity (Wildman–Crippen MR) is 119 cm³/mol.